The van der Waals surface area contributed by atoms with Gasteiger partial charge in [-0.3, -0.25) is 4.79 Å². The fourth-order valence-electron chi connectivity index (χ4n) is 2.21. The first-order chi connectivity index (χ1) is 11.2. The molecule has 0 saturated heterocycles. The Hall–Kier alpha value is -2.34. The molecule has 0 unspecified atom stereocenters. The summed E-state index contributed by atoms with van der Waals surface area (Å²) < 4.78 is 4.96. The number of para-hydroxylation sites is 1. The smallest absolute Gasteiger partial charge is 0.239 e. The molecule has 2 aromatic heterocycles. The van der Waals surface area contributed by atoms with E-state index in [1.165, 1.54) is 11.8 Å². The van der Waals surface area contributed by atoms with E-state index in [0.29, 0.717) is 18.0 Å². The van der Waals surface area contributed by atoms with Crippen LogP contribution in [0.2, 0.25) is 0 Å². The summed E-state index contributed by atoms with van der Waals surface area (Å²) in [6, 6.07) is 13.6. The van der Waals surface area contributed by atoms with Gasteiger partial charge in [0.1, 0.15) is 5.76 Å². The van der Waals surface area contributed by atoms with Crippen LogP contribution in [-0.4, -0.2) is 21.3 Å². The zero-order chi connectivity index (χ0) is 16.2. The van der Waals surface area contributed by atoms with Crippen LogP contribution in [0.25, 0.3) is 10.9 Å². The molecular formula is C17H17N3O2S. The number of carbonyl (C=O) groups excluding carboxylic acids is 1. The highest BCUT2D eigenvalue weighted by molar-refractivity contribution is 8.00. The van der Waals surface area contributed by atoms with Gasteiger partial charge in [0.05, 0.1) is 15.8 Å². The molecule has 0 aliphatic rings. The summed E-state index contributed by atoms with van der Waals surface area (Å²) in [4.78, 5) is 17.0. The lowest BCUT2D eigenvalue weighted by Crippen LogP contribution is -2.24. The summed E-state index contributed by atoms with van der Waals surface area (Å²) in [5, 5.41) is 8.26. The highest BCUT2D eigenvalue weighted by Crippen LogP contribution is 2.26. The number of thioether (sulfide) groups is 1. The fourth-order valence-corrected chi connectivity index (χ4v) is 3.13. The number of fused-ring (bicyclic) bond motifs is 1. The van der Waals surface area contributed by atoms with E-state index in [2.05, 4.69) is 15.5 Å². The molecule has 1 N–H and O–H groups in total. The predicted molar refractivity (Wildman–Crippen MR) is 91.5 cm³/mol. The molecule has 1 amide bonds. The molecule has 2 heterocycles. The summed E-state index contributed by atoms with van der Waals surface area (Å²) in [6.45, 7) is 3.76. The van der Waals surface area contributed by atoms with E-state index < -0.39 is 0 Å². The Labute approximate surface area is 138 Å². The number of anilines is 1. The van der Waals surface area contributed by atoms with Crippen LogP contribution in [0.1, 0.15) is 19.1 Å². The highest BCUT2D eigenvalue weighted by atomic mass is 32.2. The van der Waals surface area contributed by atoms with Crippen molar-refractivity contribution in [2.24, 2.45) is 0 Å². The Morgan fingerprint density at radius 2 is 2.13 bits per heavy atom. The van der Waals surface area contributed by atoms with Crippen LogP contribution in [-0.2, 0) is 4.79 Å². The molecule has 0 fully saturated rings. The molecule has 23 heavy (non-hydrogen) atoms. The van der Waals surface area contributed by atoms with Crippen LogP contribution in [0, 0.1) is 6.92 Å². The van der Waals surface area contributed by atoms with E-state index >= 15 is 0 Å². The van der Waals surface area contributed by atoms with E-state index in [1.807, 2.05) is 43.3 Å². The van der Waals surface area contributed by atoms with Gasteiger partial charge in [0, 0.05) is 11.5 Å². The van der Waals surface area contributed by atoms with Gasteiger partial charge in [0.25, 0.3) is 0 Å². The fraction of sp³-hybridized carbons (Fsp3) is 0.235. The Bertz CT molecular complexity index is 831. The first-order valence-electron chi connectivity index (χ1n) is 7.42. The van der Waals surface area contributed by atoms with Gasteiger partial charge in [0.15, 0.2) is 5.82 Å². The van der Waals surface area contributed by atoms with Crippen LogP contribution >= 0.6 is 11.8 Å². The predicted octanol–water partition coefficient (Wildman–Crippen LogP) is 4.04. The van der Waals surface area contributed by atoms with Crippen molar-refractivity contribution in [1.82, 2.24) is 10.1 Å². The number of aryl methyl sites for hydroxylation is 1. The Morgan fingerprint density at radius 3 is 2.87 bits per heavy atom. The first kappa shape index (κ1) is 15.6. The van der Waals surface area contributed by atoms with Crippen molar-refractivity contribution in [2.75, 3.05) is 5.32 Å². The molecule has 1 aromatic carbocycles. The Kier molecular flexibility index (Phi) is 4.62. The zero-order valence-corrected chi connectivity index (χ0v) is 13.8. The van der Waals surface area contributed by atoms with Crippen LogP contribution in [0.15, 0.2) is 52.0 Å². The number of benzene rings is 1. The van der Waals surface area contributed by atoms with Crippen LogP contribution in [0.3, 0.4) is 0 Å². The van der Waals surface area contributed by atoms with Crippen molar-refractivity contribution in [1.29, 1.82) is 0 Å². The molecule has 3 rings (SSSR count). The van der Waals surface area contributed by atoms with Crippen molar-refractivity contribution < 1.29 is 9.32 Å². The summed E-state index contributed by atoms with van der Waals surface area (Å²) in [7, 11) is 0. The summed E-state index contributed by atoms with van der Waals surface area (Å²) in [6.07, 6.45) is 0.696. The number of nitrogens with zero attached hydrogens (tertiary/aromatic N) is 2. The molecule has 0 saturated carbocycles. The van der Waals surface area contributed by atoms with Crippen molar-refractivity contribution >= 4 is 34.4 Å². The third-order valence-electron chi connectivity index (χ3n) is 3.38. The van der Waals surface area contributed by atoms with Crippen molar-refractivity contribution in [2.45, 2.75) is 30.5 Å². The van der Waals surface area contributed by atoms with E-state index in [9.17, 15) is 4.79 Å². The summed E-state index contributed by atoms with van der Waals surface area (Å²) in [5.74, 6) is 1.01. The number of pyridine rings is 1. The lowest BCUT2D eigenvalue weighted by Gasteiger charge is -2.13. The van der Waals surface area contributed by atoms with Gasteiger partial charge in [-0.1, -0.05) is 48.1 Å². The van der Waals surface area contributed by atoms with Gasteiger partial charge >= 0.3 is 0 Å². The lowest BCUT2D eigenvalue weighted by molar-refractivity contribution is -0.115. The molecule has 3 aromatic rings. The SMILES string of the molecule is CC[C@@H](Sc1ccc2ccccc2n1)C(=O)Nc1cc(C)on1. The van der Waals surface area contributed by atoms with E-state index in [-0.39, 0.29) is 11.2 Å². The van der Waals surface area contributed by atoms with Crippen LogP contribution in [0.5, 0.6) is 0 Å². The molecule has 118 valence electrons. The molecule has 0 aliphatic carbocycles. The maximum absolute atomic E-state index is 12.4. The quantitative estimate of drug-likeness (QED) is 0.716. The van der Waals surface area contributed by atoms with Gasteiger partial charge in [-0.2, -0.15) is 0 Å². The van der Waals surface area contributed by atoms with Gasteiger partial charge in [-0.05, 0) is 25.5 Å². The second kappa shape index (κ2) is 6.83. The third-order valence-corrected chi connectivity index (χ3v) is 4.68. The third kappa shape index (κ3) is 3.71. The van der Waals surface area contributed by atoms with Gasteiger partial charge in [0.2, 0.25) is 5.91 Å². The van der Waals surface area contributed by atoms with E-state index in [1.54, 1.807) is 13.0 Å². The molecule has 0 aliphatic heterocycles. The number of hydrogen-bond acceptors (Lipinski definition) is 5. The van der Waals surface area contributed by atoms with Crippen molar-refractivity contribution in [3.05, 3.63) is 48.2 Å². The number of hydrogen-bond donors (Lipinski definition) is 1. The number of amides is 1. The minimum atomic E-state index is -0.235. The summed E-state index contributed by atoms with van der Waals surface area (Å²) in [5.41, 5.74) is 0.930. The molecular weight excluding hydrogens is 310 g/mol. The van der Waals surface area contributed by atoms with E-state index in [0.717, 1.165) is 15.9 Å². The highest BCUT2D eigenvalue weighted by Gasteiger charge is 2.20. The molecule has 6 heteroatoms. The standard InChI is InChI=1S/C17H17N3O2S/c1-3-14(17(21)19-15-10-11(2)22-20-15)23-16-9-8-12-6-4-5-7-13(12)18-16/h4-10,14H,3H2,1-2H3,(H,19,20,21)/t14-/m1/s1. The lowest BCUT2D eigenvalue weighted by atomic mass is 10.2. The van der Waals surface area contributed by atoms with E-state index in [4.69, 9.17) is 4.52 Å². The Balaban J connectivity index is 1.73. The molecule has 5 nitrogen and oxygen atoms in total. The maximum Gasteiger partial charge on any atom is 0.239 e. The van der Waals surface area contributed by atoms with Crippen molar-refractivity contribution in [3.8, 4) is 0 Å². The summed E-state index contributed by atoms with van der Waals surface area (Å²) >= 11 is 1.46. The molecule has 0 bridgehead atoms. The number of aromatic nitrogens is 2. The first-order valence-corrected chi connectivity index (χ1v) is 8.30. The number of carbonyl (C=O) groups is 1. The van der Waals surface area contributed by atoms with Crippen LogP contribution in [0.4, 0.5) is 5.82 Å². The normalized spacial score (nSPS) is 12.3. The van der Waals surface area contributed by atoms with Gasteiger partial charge in [-0.25, -0.2) is 4.98 Å². The minimum Gasteiger partial charge on any atom is -0.360 e. The second-order valence-electron chi connectivity index (χ2n) is 5.17. The Morgan fingerprint density at radius 1 is 1.30 bits per heavy atom. The second-order valence-corrected chi connectivity index (χ2v) is 6.39. The maximum atomic E-state index is 12.4. The molecule has 1 atom stereocenters. The topological polar surface area (TPSA) is 68.0 Å². The van der Waals surface area contributed by atoms with Gasteiger partial charge < -0.3 is 9.84 Å². The van der Waals surface area contributed by atoms with Crippen LogP contribution < -0.4 is 5.32 Å². The molecule has 0 spiro atoms. The zero-order valence-electron chi connectivity index (χ0n) is 12.9. The van der Waals surface area contributed by atoms with Gasteiger partial charge in [-0.15, -0.1) is 0 Å². The molecule has 0 radical (unpaired) electrons. The number of nitrogens with one attached hydrogen (secondary N) is 1. The average Bonchev–Trinajstić information content (AvgIpc) is 2.97. The minimum absolute atomic E-state index is 0.0965. The number of rotatable bonds is 5. The average molecular weight is 327 g/mol. The van der Waals surface area contributed by atoms with Crippen molar-refractivity contribution in [3.63, 3.8) is 0 Å². The monoisotopic (exact) mass is 327 g/mol. The largest absolute Gasteiger partial charge is 0.360 e.